The summed E-state index contributed by atoms with van der Waals surface area (Å²) in [4.78, 5) is 11.3. The van der Waals surface area contributed by atoms with E-state index in [9.17, 15) is 4.79 Å². The van der Waals surface area contributed by atoms with Crippen molar-refractivity contribution in [2.45, 2.75) is 12.5 Å². The smallest absolute Gasteiger partial charge is 0.337 e. The summed E-state index contributed by atoms with van der Waals surface area (Å²) in [6.45, 7) is 0.631. The Morgan fingerprint density at radius 1 is 1.56 bits per heavy atom. The number of carbonyl (C=O) groups excluding carboxylic acids is 1. The van der Waals surface area contributed by atoms with Crippen molar-refractivity contribution >= 4 is 18.4 Å². The second kappa shape index (κ2) is 5.18. The number of hydrogen-bond donors (Lipinski definition) is 1. The molecule has 0 aliphatic carbocycles. The van der Waals surface area contributed by atoms with Crippen molar-refractivity contribution in [1.29, 1.82) is 0 Å². The minimum absolute atomic E-state index is 0. The third-order valence-corrected chi connectivity index (χ3v) is 2.52. The van der Waals surface area contributed by atoms with E-state index in [0.717, 1.165) is 17.7 Å². The van der Waals surface area contributed by atoms with Crippen molar-refractivity contribution in [3.05, 3.63) is 29.3 Å². The van der Waals surface area contributed by atoms with Gasteiger partial charge in [-0.25, -0.2) is 4.79 Å². The molecule has 2 rings (SSSR count). The van der Waals surface area contributed by atoms with E-state index in [2.05, 4.69) is 4.74 Å². The molecule has 1 heterocycles. The number of carbonyl (C=O) groups is 1. The van der Waals surface area contributed by atoms with E-state index in [1.54, 1.807) is 18.2 Å². The lowest BCUT2D eigenvalue weighted by Gasteiger charge is -2.23. The maximum absolute atomic E-state index is 11.3. The fraction of sp³-hybridized carbons (Fsp3) is 0.364. The molecule has 0 bridgehead atoms. The van der Waals surface area contributed by atoms with Crippen LogP contribution in [0.4, 0.5) is 0 Å². The Hall–Kier alpha value is -1.26. The number of hydrogen-bond acceptors (Lipinski definition) is 4. The second-order valence-corrected chi connectivity index (χ2v) is 3.49. The Labute approximate surface area is 100 Å². The number of halogens is 1. The van der Waals surface area contributed by atoms with Crippen LogP contribution < -0.4 is 10.5 Å². The van der Waals surface area contributed by atoms with Gasteiger partial charge in [0.1, 0.15) is 5.75 Å². The van der Waals surface area contributed by atoms with Gasteiger partial charge in [-0.1, -0.05) is 0 Å². The summed E-state index contributed by atoms with van der Waals surface area (Å²) in [6, 6.07) is 5.13. The van der Waals surface area contributed by atoms with E-state index in [4.69, 9.17) is 10.5 Å². The highest BCUT2D eigenvalue weighted by molar-refractivity contribution is 5.89. The molecule has 1 atom stereocenters. The summed E-state index contributed by atoms with van der Waals surface area (Å²) in [5.74, 6) is 0.414. The SMILES string of the molecule is COC(=O)c1ccc2c(c1)[C@@H](N)CCO2.Cl. The van der Waals surface area contributed by atoms with Gasteiger partial charge in [-0.15, -0.1) is 12.4 Å². The number of ether oxygens (including phenoxy) is 2. The first-order chi connectivity index (χ1) is 7.22. The van der Waals surface area contributed by atoms with Crippen LogP contribution in [-0.4, -0.2) is 19.7 Å². The van der Waals surface area contributed by atoms with Crippen molar-refractivity contribution in [3.8, 4) is 5.75 Å². The molecule has 4 nitrogen and oxygen atoms in total. The topological polar surface area (TPSA) is 61.5 Å². The summed E-state index contributed by atoms with van der Waals surface area (Å²) in [6.07, 6.45) is 0.775. The van der Waals surface area contributed by atoms with Crippen LogP contribution in [0.3, 0.4) is 0 Å². The average Bonchev–Trinajstić information content (AvgIpc) is 2.28. The van der Waals surface area contributed by atoms with E-state index in [1.807, 2.05) is 0 Å². The van der Waals surface area contributed by atoms with Crippen molar-refractivity contribution in [1.82, 2.24) is 0 Å². The van der Waals surface area contributed by atoms with E-state index >= 15 is 0 Å². The average molecular weight is 244 g/mol. The monoisotopic (exact) mass is 243 g/mol. The van der Waals surface area contributed by atoms with Crippen LogP contribution in [0.5, 0.6) is 5.75 Å². The molecule has 16 heavy (non-hydrogen) atoms. The van der Waals surface area contributed by atoms with Crippen molar-refractivity contribution in [2.75, 3.05) is 13.7 Å². The molecule has 0 unspecified atom stereocenters. The third kappa shape index (κ3) is 2.28. The Balaban J connectivity index is 0.00000128. The lowest BCUT2D eigenvalue weighted by Crippen LogP contribution is -2.21. The van der Waals surface area contributed by atoms with Gasteiger partial charge in [0, 0.05) is 18.0 Å². The number of esters is 1. The van der Waals surface area contributed by atoms with Gasteiger partial charge in [-0.05, 0) is 18.2 Å². The first-order valence-corrected chi connectivity index (χ1v) is 4.83. The van der Waals surface area contributed by atoms with Crippen LogP contribution in [0.2, 0.25) is 0 Å². The molecular weight excluding hydrogens is 230 g/mol. The molecule has 88 valence electrons. The molecular formula is C11H14ClNO3. The zero-order valence-corrected chi connectivity index (χ0v) is 9.75. The number of rotatable bonds is 1. The number of benzene rings is 1. The Morgan fingerprint density at radius 2 is 2.31 bits per heavy atom. The van der Waals surface area contributed by atoms with Gasteiger partial charge in [0.25, 0.3) is 0 Å². The maximum atomic E-state index is 11.3. The van der Waals surface area contributed by atoms with E-state index in [-0.39, 0.29) is 24.4 Å². The van der Waals surface area contributed by atoms with Crippen molar-refractivity contribution in [3.63, 3.8) is 0 Å². The summed E-state index contributed by atoms with van der Waals surface area (Å²) < 4.78 is 10.1. The molecule has 1 aromatic carbocycles. The molecule has 0 saturated carbocycles. The van der Waals surface area contributed by atoms with Gasteiger partial charge in [-0.3, -0.25) is 0 Å². The molecule has 5 heteroatoms. The number of nitrogens with two attached hydrogens (primary N) is 1. The van der Waals surface area contributed by atoms with Crippen molar-refractivity contribution in [2.24, 2.45) is 5.73 Å². The number of fused-ring (bicyclic) bond motifs is 1. The van der Waals surface area contributed by atoms with E-state index in [0.29, 0.717) is 12.2 Å². The van der Waals surface area contributed by atoms with Gasteiger partial charge in [0.05, 0.1) is 19.3 Å². The van der Waals surface area contributed by atoms with Gasteiger partial charge in [0.15, 0.2) is 0 Å². The van der Waals surface area contributed by atoms with Crippen LogP contribution in [0, 0.1) is 0 Å². The Bertz CT molecular complexity index is 395. The number of methoxy groups -OCH3 is 1. The van der Waals surface area contributed by atoms with Gasteiger partial charge < -0.3 is 15.2 Å². The van der Waals surface area contributed by atoms with E-state index in [1.165, 1.54) is 7.11 Å². The standard InChI is InChI=1S/C11H13NO3.ClH/c1-14-11(13)7-2-3-10-8(6-7)9(12)4-5-15-10;/h2-3,6,9H,4-5,12H2,1H3;1H/t9-;/m0./s1. The molecule has 0 fully saturated rings. The highest BCUT2D eigenvalue weighted by Crippen LogP contribution is 2.31. The zero-order valence-electron chi connectivity index (χ0n) is 8.93. The molecule has 1 aliphatic heterocycles. The first-order valence-electron chi connectivity index (χ1n) is 4.83. The lowest BCUT2D eigenvalue weighted by atomic mass is 9.99. The van der Waals surface area contributed by atoms with Gasteiger partial charge in [0.2, 0.25) is 0 Å². The molecule has 2 N–H and O–H groups in total. The van der Waals surface area contributed by atoms with Crippen LogP contribution in [-0.2, 0) is 4.74 Å². The fourth-order valence-corrected chi connectivity index (χ4v) is 1.67. The quantitative estimate of drug-likeness (QED) is 0.763. The first kappa shape index (κ1) is 12.8. The minimum Gasteiger partial charge on any atom is -0.493 e. The summed E-state index contributed by atoms with van der Waals surface area (Å²) in [7, 11) is 1.36. The Morgan fingerprint density at radius 3 is 3.00 bits per heavy atom. The largest absolute Gasteiger partial charge is 0.493 e. The summed E-state index contributed by atoms with van der Waals surface area (Å²) in [5, 5.41) is 0. The third-order valence-electron chi connectivity index (χ3n) is 2.52. The predicted molar refractivity (Wildman–Crippen MR) is 62.1 cm³/mol. The van der Waals surface area contributed by atoms with Crippen LogP contribution in [0.1, 0.15) is 28.4 Å². The second-order valence-electron chi connectivity index (χ2n) is 3.49. The molecule has 1 aliphatic rings. The maximum Gasteiger partial charge on any atom is 0.337 e. The van der Waals surface area contributed by atoms with E-state index < -0.39 is 0 Å². The zero-order chi connectivity index (χ0) is 10.8. The fourth-order valence-electron chi connectivity index (χ4n) is 1.67. The molecule has 0 aromatic heterocycles. The minimum atomic E-state index is -0.351. The van der Waals surface area contributed by atoms with Crippen LogP contribution >= 0.6 is 12.4 Å². The Kier molecular flexibility index (Phi) is 4.15. The molecule has 1 aromatic rings. The summed E-state index contributed by atoms with van der Waals surface area (Å²) in [5.41, 5.74) is 7.31. The molecule has 0 saturated heterocycles. The van der Waals surface area contributed by atoms with Gasteiger partial charge in [-0.2, -0.15) is 0 Å². The van der Waals surface area contributed by atoms with Crippen LogP contribution in [0.15, 0.2) is 18.2 Å². The van der Waals surface area contributed by atoms with Crippen molar-refractivity contribution < 1.29 is 14.3 Å². The molecule has 0 amide bonds. The van der Waals surface area contributed by atoms with Gasteiger partial charge >= 0.3 is 5.97 Å². The highest BCUT2D eigenvalue weighted by Gasteiger charge is 2.19. The normalized spacial score (nSPS) is 17.8. The molecule has 0 radical (unpaired) electrons. The van der Waals surface area contributed by atoms with Crippen LogP contribution in [0.25, 0.3) is 0 Å². The lowest BCUT2D eigenvalue weighted by molar-refractivity contribution is 0.0600. The summed E-state index contributed by atoms with van der Waals surface area (Å²) >= 11 is 0. The molecule has 0 spiro atoms. The predicted octanol–water partition coefficient (Wildman–Crippen LogP) is 1.68. The highest BCUT2D eigenvalue weighted by atomic mass is 35.5.